The van der Waals surface area contributed by atoms with E-state index in [2.05, 4.69) is 52.1 Å². The molecule has 3 heterocycles. The van der Waals surface area contributed by atoms with Crippen LogP contribution in [-0.4, -0.2) is 61.4 Å². The molecule has 38 heavy (non-hydrogen) atoms. The van der Waals surface area contributed by atoms with Crippen LogP contribution in [0.25, 0.3) is 0 Å². The normalized spacial score (nSPS) is 28.0. The molecular weight excluding hydrogens is 489 g/mol. The summed E-state index contributed by atoms with van der Waals surface area (Å²) in [5.41, 5.74) is 4.27. The minimum absolute atomic E-state index is 0.0426. The number of halogens is 1. The molecule has 3 nitrogen and oxygen atoms in total. The summed E-state index contributed by atoms with van der Waals surface area (Å²) in [4.78, 5) is 9.27. The minimum atomic E-state index is -0.0426. The fourth-order valence-electron chi connectivity index (χ4n) is 8.48. The van der Waals surface area contributed by atoms with Crippen molar-refractivity contribution in [3.05, 3.63) is 59.4 Å². The number of anilines is 1. The minimum Gasteiger partial charge on any atom is -0.371 e. The highest BCUT2D eigenvalue weighted by atomic mass is 32.2. The molecule has 2 aromatic carbocycles. The number of hydrogen-bond acceptors (Lipinski definition) is 4. The lowest BCUT2D eigenvalue weighted by Crippen LogP contribution is -2.57. The van der Waals surface area contributed by atoms with E-state index in [1.54, 1.807) is 6.07 Å². The Balaban J connectivity index is 0.984. The molecule has 2 saturated heterocycles. The van der Waals surface area contributed by atoms with E-state index in [1.165, 1.54) is 106 Å². The largest absolute Gasteiger partial charge is 0.371 e. The Morgan fingerprint density at radius 1 is 0.895 bits per heavy atom. The second-order valence-corrected chi connectivity index (χ2v) is 14.5. The number of piperidine rings is 1. The van der Waals surface area contributed by atoms with E-state index in [1.807, 2.05) is 17.8 Å². The Hall–Kier alpha value is -1.56. The van der Waals surface area contributed by atoms with Gasteiger partial charge in [0, 0.05) is 59.9 Å². The van der Waals surface area contributed by atoms with E-state index in [0.717, 1.165) is 24.3 Å². The van der Waals surface area contributed by atoms with E-state index in [0.29, 0.717) is 11.8 Å². The first-order valence-corrected chi connectivity index (χ1v) is 16.2. The Morgan fingerprint density at radius 3 is 2.32 bits per heavy atom. The first kappa shape index (κ1) is 25.4. The van der Waals surface area contributed by atoms with Crippen LogP contribution in [0.4, 0.5) is 10.1 Å². The third-order valence-electron chi connectivity index (χ3n) is 10.4. The highest BCUT2D eigenvalue weighted by molar-refractivity contribution is 8.00. The van der Waals surface area contributed by atoms with Crippen LogP contribution in [0.3, 0.4) is 0 Å². The van der Waals surface area contributed by atoms with Gasteiger partial charge in [0.05, 0.1) is 0 Å². The lowest BCUT2D eigenvalue weighted by Gasteiger charge is -2.54. The van der Waals surface area contributed by atoms with Crippen molar-refractivity contribution in [3.8, 4) is 0 Å². The van der Waals surface area contributed by atoms with Crippen LogP contribution in [0.2, 0.25) is 0 Å². The van der Waals surface area contributed by atoms with Gasteiger partial charge < -0.3 is 14.7 Å². The van der Waals surface area contributed by atoms with Crippen molar-refractivity contribution < 1.29 is 4.39 Å². The summed E-state index contributed by atoms with van der Waals surface area (Å²) < 4.78 is 14.6. The van der Waals surface area contributed by atoms with Crippen molar-refractivity contribution in [2.75, 3.05) is 51.2 Å². The van der Waals surface area contributed by atoms with E-state index in [-0.39, 0.29) is 11.2 Å². The summed E-state index contributed by atoms with van der Waals surface area (Å²) in [5, 5.41) is 0.876. The van der Waals surface area contributed by atoms with Crippen molar-refractivity contribution in [2.45, 2.75) is 73.5 Å². The zero-order chi connectivity index (χ0) is 25.7. The van der Waals surface area contributed by atoms with Gasteiger partial charge in [0.1, 0.15) is 5.82 Å². The zero-order valence-corrected chi connectivity index (χ0v) is 23.9. The van der Waals surface area contributed by atoms with E-state index in [4.69, 9.17) is 0 Å². The van der Waals surface area contributed by atoms with E-state index < -0.39 is 0 Å². The molecule has 2 aliphatic carbocycles. The molecule has 4 fully saturated rings. The molecule has 5 aliphatic rings. The summed E-state index contributed by atoms with van der Waals surface area (Å²) in [5.74, 6) is 2.11. The summed E-state index contributed by atoms with van der Waals surface area (Å²) in [6.07, 6.45) is 10.6. The second-order valence-electron chi connectivity index (χ2n) is 13.2. The quantitative estimate of drug-likeness (QED) is 0.387. The molecule has 2 aromatic rings. The fraction of sp³-hybridized carbons (Fsp3) is 0.636. The molecule has 0 spiro atoms. The standard InChI is InChI=1S/C33H44FN3S/c1-35-22-25-6-7-28(34)18-32(25)33(23-35,26-4-2-3-5-26)27-14-16-36(17-15-27)19-24-20-37(21-24)29-8-10-30(11-9-29)38-31-12-13-31/h6-11,18,24,26-27,31H,2-5,12-17,19-23H2,1H3. The number of fused-ring (bicyclic) bond motifs is 1. The molecule has 7 rings (SSSR count). The number of rotatable bonds is 7. The average molecular weight is 534 g/mol. The van der Waals surface area contributed by atoms with Gasteiger partial charge in [-0.05, 0) is 118 Å². The Bertz CT molecular complexity index is 1110. The van der Waals surface area contributed by atoms with Gasteiger partial charge in [-0.3, -0.25) is 0 Å². The number of likely N-dealkylation sites (N-methyl/N-ethyl adjacent to an activating group) is 1. The molecule has 0 bridgehead atoms. The molecule has 204 valence electrons. The number of hydrogen-bond donors (Lipinski definition) is 0. The number of likely N-dealkylation sites (tertiary alicyclic amines) is 1. The average Bonchev–Trinajstić information content (AvgIpc) is 3.54. The molecular formula is C33H44FN3S. The maximum absolute atomic E-state index is 14.6. The highest BCUT2D eigenvalue weighted by Crippen LogP contribution is 2.53. The molecule has 2 saturated carbocycles. The molecule has 5 heteroatoms. The predicted molar refractivity (Wildman–Crippen MR) is 157 cm³/mol. The monoisotopic (exact) mass is 533 g/mol. The van der Waals surface area contributed by atoms with Crippen molar-refractivity contribution in [3.63, 3.8) is 0 Å². The maximum Gasteiger partial charge on any atom is 0.123 e. The topological polar surface area (TPSA) is 9.72 Å². The zero-order valence-electron chi connectivity index (χ0n) is 23.1. The van der Waals surface area contributed by atoms with Gasteiger partial charge in [-0.15, -0.1) is 11.8 Å². The Morgan fingerprint density at radius 2 is 1.61 bits per heavy atom. The van der Waals surface area contributed by atoms with Crippen LogP contribution in [0.1, 0.15) is 62.5 Å². The van der Waals surface area contributed by atoms with Crippen LogP contribution in [-0.2, 0) is 12.0 Å². The molecule has 0 N–H and O–H groups in total. The first-order chi connectivity index (χ1) is 18.6. The van der Waals surface area contributed by atoms with Crippen molar-refractivity contribution in [2.24, 2.45) is 17.8 Å². The molecule has 1 atom stereocenters. The van der Waals surface area contributed by atoms with Crippen LogP contribution in [0.5, 0.6) is 0 Å². The first-order valence-electron chi connectivity index (χ1n) is 15.3. The van der Waals surface area contributed by atoms with Gasteiger partial charge in [-0.2, -0.15) is 0 Å². The third kappa shape index (κ3) is 4.92. The van der Waals surface area contributed by atoms with Gasteiger partial charge in [-0.25, -0.2) is 4.39 Å². The van der Waals surface area contributed by atoms with Crippen LogP contribution in [0, 0.1) is 23.6 Å². The van der Waals surface area contributed by atoms with Crippen molar-refractivity contribution >= 4 is 17.4 Å². The molecule has 0 aromatic heterocycles. The SMILES string of the molecule is CN1Cc2ccc(F)cc2C(C2CCCC2)(C2CCN(CC3CN(c4ccc(SC5CC5)cc4)C3)CC2)C1. The number of nitrogens with zero attached hydrogens (tertiary/aromatic N) is 3. The summed E-state index contributed by atoms with van der Waals surface area (Å²) >= 11 is 2.05. The lowest BCUT2D eigenvalue weighted by molar-refractivity contribution is 0.0418. The fourth-order valence-corrected chi connectivity index (χ4v) is 9.53. The van der Waals surface area contributed by atoms with Crippen LogP contribution < -0.4 is 4.90 Å². The second kappa shape index (κ2) is 10.4. The van der Waals surface area contributed by atoms with Gasteiger partial charge in [0.15, 0.2) is 0 Å². The Kier molecular flexibility index (Phi) is 6.98. The van der Waals surface area contributed by atoms with Gasteiger partial charge in [0.25, 0.3) is 0 Å². The molecule has 3 aliphatic heterocycles. The van der Waals surface area contributed by atoms with Crippen LogP contribution >= 0.6 is 11.8 Å². The van der Waals surface area contributed by atoms with Gasteiger partial charge in [-0.1, -0.05) is 18.9 Å². The summed E-state index contributed by atoms with van der Waals surface area (Å²) in [6.45, 7) is 8.10. The predicted octanol–water partition coefficient (Wildman–Crippen LogP) is 6.80. The maximum atomic E-state index is 14.6. The third-order valence-corrected chi connectivity index (χ3v) is 11.8. The van der Waals surface area contributed by atoms with E-state index in [9.17, 15) is 4.39 Å². The molecule has 0 radical (unpaired) electrons. The van der Waals surface area contributed by atoms with E-state index >= 15 is 0 Å². The summed E-state index contributed by atoms with van der Waals surface area (Å²) in [6, 6.07) is 15.0. The van der Waals surface area contributed by atoms with Crippen molar-refractivity contribution in [1.29, 1.82) is 0 Å². The lowest BCUT2D eigenvalue weighted by atomic mass is 9.57. The van der Waals surface area contributed by atoms with Gasteiger partial charge in [0.2, 0.25) is 0 Å². The van der Waals surface area contributed by atoms with Crippen molar-refractivity contribution in [1.82, 2.24) is 9.80 Å². The number of benzene rings is 2. The smallest absolute Gasteiger partial charge is 0.123 e. The van der Waals surface area contributed by atoms with Crippen LogP contribution in [0.15, 0.2) is 47.4 Å². The molecule has 1 unspecified atom stereocenters. The van der Waals surface area contributed by atoms with Gasteiger partial charge >= 0.3 is 0 Å². The molecule has 0 amide bonds. The summed E-state index contributed by atoms with van der Waals surface area (Å²) in [7, 11) is 2.28. The Labute approximate surface area is 233 Å². The number of thioether (sulfide) groups is 1. The highest BCUT2D eigenvalue weighted by Gasteiger charge is 2.51.